The molecule has 0 fully saturated rings. The highest BCUT2D eigenvalue weighted by atomic mass is 79.9. The van der Waals surface area contributed by atoms with Crippen molar-refractivity contribution in [1.29, 1.82) is 0 Å². The second kappa shape index (κ2) is 6.77. The van der Waals surface area contributed by atoms with Gasteiger partial charge in [-0.25, -0.2) is 0 Å². The molecule has 0 radical (unpaired) electrons. The van der Waals surface area contributed by atoms with Gasteiger partial charge in [-0.15, -0.1) is 0 Å². The summed E-state index contributed by atoms with van der Waals surface area (Å²) < 4.78 is 0.879. The van der Waals surface area contributed by atoms with Gasteiger partial charge in [-0.1, -0.05) is 23.7 Å². The highest BCUT2D eigenvalue weighted by Crippen LogP contribution is 2.23. The fourth-order valence-corrected chi connectivity index (χ4v) is 2.22. The molecule has 2 N–H and O–H groups in total. The summed E-state index contributed by atoms with van der Waals surface area (Å²) in [5.74, 6) is -0.0969. The maximum absolute atomic E-state index is 11.6. The Morgan fingerprint density at radius 3 is 2.75 bits per heavy atom. The second-order valence-corrected chi connectivity index (χ2v) is 5.52. The molecule has 0 spiro atoms. The predicted octanol–water partition coefficient (Wildman–Crippen LogP) is 4.07. The first kappa shape index (κ1) is 14.9. The lowest BCUT2D eigenvalue weighted by Gasteiger charge is -2.09. The van der Waals surface area contributed by atoms with Crippen LogP contribution in [-0.2, 0) is 6.54 Å². The van der Waals surface area contributed by atoms with Crippen LogP contribution in [0.4, 0.5) is 5.69 Å². The van der Waals surface area contributed by atoms with Crippen LogP contribution < -0.4 is 10.6 Å². The van der Waals surface area contributed by atoms with Gasteiger partial charge in [0.05, 0.1) is 5.02 Å². The van der Waals surface area contributed by atoms with Crippen LogP contribution in [0.3, 0.4) is 0 Å². The molecule has 0 aromatic heterocycles. The highest BCUT2D eigenvalue weighted by Gasteiger charge is 2.04. The zero-order chi connectivity index (χ0) is 14.5. The van der Waals surface area contributed by atoms with Crippen molar-refractivity contribution in [1.82, 2.24) is 5.32 Å². The summed E-state index contributed by atoms with van der Waals surface area (Å²) in [6.45, 7) is 0.643. The van der Waals surface area contributed by atoms with Crippen LogP contribution in [0.2, 0.25) is 5.02 Å². The normalized spacial score (nSPS) is 10.2. The zero-order valence-corrected chi connectivity index (χ0v) is 13.3. The maximum Gasteiger partial charge on any atom is 0.251 e. The molecule has 0 aliphatic rings. The van der Waals surface area contributed by atoms with Gasteiger partial charge in [-0.3, -0.25) is 4.79 Å². The van der Waals surface area contributed by atoms with E-state index in [-0.39, 0.29) is 5.91 Å². The standard InChI is InChI=1S/C15H14BrClN2O/c1-18-15(20)11-3-2-4-12(8-11)19-9-10-5-6-13(16)14(17)7-10/h2-8,19H,9H2,1H3,(H,18,20). The largest absolute Gasteiger partial charge is 0.381 e. The van der Waals surface area contributed by atoms with E-state index in [1.165, 1.54) is 0 Å². The third kappa shape index (κ3) is 3.74. The van der Waals surface area contributed by atoms with E-state index in [1.54, 1.807) is 13.1 Å². The number of anilines is 1. The Bertz CT molecular complexity index is 631. The molecule has 0 bridgehead atoms. The monoisotopic (exact) mass is 352 g/mol. The van der Waals surface area contributed by atoms with Gasteiger partial charge in [-0.2, -0.15) is 0 Å². The molecule has 1 amide bonds. The van der Waals surface area contributed by atoms with E-state index in [0.29, 0.717) is 17.1 Å². The van der Waals surface area contributed by atoms with Gasteiger partial charge in [0, 0.05) is 29.3 Å². The Labute approximate surface area is 131 Å². The fourth-order valence-electron chi connectivity index (χ4n) is 1.77. The van der Waals surface area contributed by atoms with Crippen molar-refractivity contribution in [2.75, 3.05) is 12.4 Å². The smallest absolute Gasteiger partial charge is 0.251 e. The van der Waals surface area contributed by atoms with Gasteiger partial charge in [0.1, 0.15) is 0 Å². The summed E-state index contributed by atoms with van der Waals surface area (Å²) >= 11 is 9.42. The Morgan fingerprint density at radius 2 is 2.05 bits per heavy atom. The lowest BCUT2D eigenvalue weighted by atomic mass is 10.1. The topological polar surface area (TPSA) is 41.1 Å². The molecule has 0 aliphatic heterocycles. The van der Waals surface area contributed by atoms with Gasteiger partial charge in [0.15, 0.2) is 0 Å². The Balaban J connectivity index is 2.07. The third-order valence-electron chi connectivity index (χ3n) is 2.83. The number of rotatable bonds is 4. The summed E-state index contributed by atoms with van der Waals surface area (Å²) in [5.41, 5.74) is 2.60. The average molecular weight is 354 g/mol. The van der Waals surface area contributed by atoms with Crippen molar-refractivity contribution in [3.63, 3.8) is 0 Å². The van der Waals surface area contributed by atoms with Crippen LogP contribution in [-0.4, -0.2) is 13.0 Å². The van der Waals surface area contributed by atoms with Crippen molar-refractivity contribution >= 4 is 39.1 Å². The Kier molecular flexibility index (Phi) is 5.04. The molecule has 104 valence electrons. The molecule has 2 aromatic carbocycles. The molecule has 0 heterocycles. The minimum atomic E-state index is -0.0969. The number of amides is 1. The maximum atomic E-state index is 11.6. The highest BCUT2D eigenvalue weighted by molar-refractivity contribution is 9.10. The Morgan fingerprint density at radius 1 is 1.25 bits per heavy atom. The first-order chi connectivity index (χ1) is 9.60. The molecule has 20 heavy (non-hydrogen) atoms. The summed E-state index contributed by atoms with van der Waals surface area (Å²) in [7, 11) is 1.62. The molecule has 0 atom stereocenters. The average Bonchev–Trinajstić information content (AvgIpc) is 2.48. The van der Waals surface area contributed by atoms with Crippen molar-refractivity contribution in [2.24, 2.45) is 0 Å². The molecular formula is C15H14BrClN2O. The second-order valence-electron chi connectivity index (χ2n) is 4.26. The zero-order valence-electron chi connectivity index (χ0n) is 10.9. The van der Waals surface area contributed by atoms with Crippen LogP contribution >= 0.6 is 27.5 Å². The first-order valence-corrected chi connectivity index (χ1v) is 7.27. The minimum Gasteiger partial charge on any atom is -0.381 e. The number of carbonyl (C=O) groups excluding carboxylic acids is 1. The molecule has 0 unspecified atom stereocenters. The van der Waals surface area contributed by atoms with Crippen LogP contribution in [0.5, 0.6) is 0 Å². The van der Waals surface area contributed by atoms with Crippen molar-refractivity contribution in [2.45, 2.75) is 6.54 Å². The van der Waals surface area contributed by atoms with Crippen molar-refractivity contribution in [3.8, 4) is 0 Å². The summed E-state index contributed by atoms with van der Waals surface area (Å²) in [6.07, 6.45) is 0. The molecule has 0 aliphatic carbocycles. The van der Waals surface area contributed by atoms with Gasteiger partial charge < -0.3 is 10.6 Å². The minimum absolute atomic E-state index is 0.0969. The molecule has 0 saturated heterocycles. The molecule has 2 aromatic rings. The quantitative estimate of drug-likeness (QED) is 0.870. The molecule has 3 nitrogen and oxygen atoms in total. The Hall–Kier alpha value is -1.52. The summed E-state index contributed by atoms with van der Waals surface area (Å²) in [5, 5.41) is 6.56. The summed E-state index contributed by atoms with van der Waals surface area (Å²) in [6, 6.07) is 13.2. The fraction of sp³-hybridized carbons (Fsp3) is 0.133. The number of hydrogen-bond donors (Lipinski definition) is 2. The van der Waals surface area contributed by atoms with Crippen LogP contribution in [0.15, 0.2) is 46.9 Å². The van der Waals surface area contributed by atoms with Crippen LogP contribution in [0.1, 0.15) is 15.9 Å². The van der Waals surface area contributed by atoms with Crippen LogP contribution in [0, 0.1) is 0 Å². The number of nitrogens with one attached hydrogen (secondary N) is 2. The predicted molar refractivity (Wildman–Crippen MR) is 86.3 cm³/mol. The van der Waals surface area contributed by atoms with E-state index in [0.717, 1.165) is 15.7 Å². The molecule has 0 saturated carbocycles. The van der Waals surface area contributed by atoms with Crippen molar-refractivity contribution < 1.29 is 4.79 Å². The van der Waals surface area contributed by atoms with Gasteiger partial charge in [0.2, 0.25) is 0 Å². The van der Waals surface area contributed by atoms with Crippen molar-refractivity contribution in [3.05, 3.63) is 63.1 Å². The molecular weight excluding hydrogens is 340 g/mol. The van der Waals surface area contributed by atoms with Crippen LogP contribution in [0.25, 0.3) is 0 Å². The molecule has 5 heteroatoms. The lowest BCUT2D eigenvalue weighted by molar-refractivity contribution is 0.0963. The van der Waals surface area contributed by atoms with E-state index < -0.39 is 0 Å². The SMILES string of the molecule is CNC(=O)c1cccc(NCc2ccc(Br)c(Cl)c2)c1. The third-order valence-corrected chi connectivity index (χ3v) is 4.06. The number of benzene rings is 2. The first-order valence-electron chi connectivity index (χ1n) is 6.10. The van der Waals surface area contributed by atoms with E-state index in [1.807, 2.05) is 36.4 Å². The lowest BCUT2D eigenvalue weighted by Crippen LogP contribution is -2.17. The van der Waals surface area contributed by atoms with E-state index in [9.17, 15) is 4.79 Å². The number of hydrogen-bond acceptors (Lipinski definition) is 2. The van der Waals surface area contributed by atoms with E-state index >= 15 is 0 Å². The number of halogens is 2. The van der Waals surface area contributed by atoms with Gasteiger partial charge >= 0.3 is 0 Å². The van der Waals surface area contributed by atoms with Gasteiger partial charge in [0.25, 0.3) is 5.91 Å². The van der Waals surface area contributed by atoms with Gasteiger partial charge in [-0.05, 0) is 51.8 Å². The number of carbonyl (C=O) groups is 1. The summed E-state index contributed by atoms with van der Waals surface area (Å²) in [4.78, 5) is 11.6. The van der Waals surface area contributed by atoms with E-state index in [2.05, 4.69) is 26.6 Å². The van der Waals surface area contributed by atoms with E-state index in [4.69, 9.17) is 11.6 Å². The molecule has 2 rings (SSSR count).